The van der Waals surface area contributed by atoms with E-state index in [-0.39, 0.29) is 0 Å². The van der Waals surface area contributed by atoms with Gasteiger partial charge in [-0.25, -0.2) is 4.98 Å². The van der Waals surface area contributed by atoms with Crippen LogP contribution in [0.25, 0.3) is 0 Å². The maximum absolute atomic E-state index is 5.13. The van der Waals surface area contributed by atoms with Crippen molar-refractivity contribution in [2.45, 2.75) is 45.6 Å². The van der Waals surface area contributed by atoms with Gasteiger partial charge in [-0.05, 0) is 24.3 Å². The second kappa shape index (κ2) is 6.19. The molecule has 3 nitrogen and oxygen atoms in total. The van der Waals surface area contributed by atoms with Crippen LogP contribution in [0.3, 0.4) is 0 Å². The number of rotatable bonds is 5. The fourth-order valence-electron chi connectivity index (χ4n) is 2.74. The highest BCUT2D eigenvalue weighted by atomic mass is 16.5. The molecule has 1 saturated carbocycles. The molecule has 1 aromatic rings. The van der Waals surface area contributed by atoms with Gasteiger partial charge in [-0.3, -0.25) is 0 Å². The summed E-state index contributed by atoms with van der Waals surface area (Å²) in [5.41, 5.74) is 1.53. The Labute approximate surface area is 110 Å². The molecule has 18 heavy (non-hydrogen) atoms. The molecule has 1 aromatic heterocycles. The molecule has 0 aliphatic heterocycles. The minimum absolute atomic E-state index is 0.483. The lowest BCUT2D eigenvalue weighted by atomic mass is 9.76. The minimum Gasteiger partial charge on any atom is -0.481 e. The Kier molecular flexibility index (Phi) is 4.59. The molecule has 3 heteroatoms. The maximum atomic E-state index is 5.13. The second-order valence-corrected chi connectivity index (χ2v) is 5.65. The Hall–Kier alpha value is -1.09. The van der Waals surface area contributed by atoms with Gasteiger partial charge in [0.25, 0.3) is 0 Å². The van der Waals surface area contributed by atoms with Gasteiger partial charge in [-0.2, -0.15) is 0 Å². The van der Waals surface area contributed by atoms with Crippen LogP contribution in [0.4, 0.5) is 0 Å². The van der Waals surface area contributed by atoms with E-state index in [1.54, 1.807) is 7.11 Å². The molecular formula is C15H24N2O. The molecule has 0 aromatic carbocycles. The molecule has 1 aliphatic carbocycles. The largest absolute Gasteiger partial charge is 0.481 e. The van der Waals surface area contributed by atoms with Gasteiger partial charge in [0.1, 0.15) is 0 Å². The summed E-state index contributed by atoms with van der Waals surface area (Å²) in [5, 5.41) is 3.55. The van der Waals surface area contributed by atoms with Crippen molar-refractivity contribution in [1.82, 2.24) is 10.3 Å². The summed E-state index contributed by atoms with van der Waals surface area (Å²) in [7, 11) is 1.66. The van der Waals surface area contributed by atoms with E-state index >= 15 is 0 Å². The van der Waals surface area contributed by atoms with Gasteiger partial charge >= 0.3 is 0 Å². The number of nitrogens with zero attached hydrogens (tertiary/aromatic N) is 1. The molecule has 1 aliphatic rings. The first-order valence-electron chi connectivity index (χ1n) is 6.92. The zero-order valence-corrected chi connectivity index (χ0v) is 11.5. The van der Waals surface area contributed by atoms with E-state index in [0.29, 0.717) is 11.3 Å². The summed E-state index contributed by atoms with van der Waals surface area (Å²) in [6.07, 6.45) is 6.88. The van der Waals surface area contributed by atoms with Crippen molar-refractivity contribution in [3.8, 4) is 5.88 Å². The molecule has 0 unspecified atom stereocenters. The first-order valence-corrected chi connectivity index (χ1v) is 6.92. The number of nitrogens with one attached hydrogen (secondary N) is 1. The normalized spacial score (nSPS) is 18.6. The molecule has 1 fully saturated rings. The van der Waals surface area contributed by atoms with Crippen LogP contribution < -0.4 is 10.1 Å². The van der Waals surface area contributed by atoms with Crippen LogP contribution in [0.2, 0.25) is 0 Å². The van der Waals surface area contributed by atoms with Gasteiger partial charge in [-0.1, -0.05) is 32.3 Å². The van der Waals surface area contributed by atoms with Crippen molar-refractivity contribution in [2.75, 3.05) is 13.7 Å². The number of hydrogen-bond acceptors (Lipinski definition) is 3. The Bertz CT molecular complexity index is 373. The molecule has 0 atom stereocenters. The van der Waals surface area contributed by atoms with Crippen molar-refractivity contribution in [3.63, 3.8) is 0 Å². The van der Waals surface area contributed by atoms with E-state index in [0.717, 1.165) is 18.8 Å². The van der Waals surface area contributed by atoms with Crippen LogP contribution in [-0.4, -0.2) is 18.6 Å². The first kappa shape index (κ1) is 13.3. The smallest absolute Gasteiger partial charge is 0.213 e. The van der Waals surface area contributed by atoms with Crippen LogP contribution in [-0.2, 0) is 6.54 Å². The van der Waals surface area contributed by atoms with E-state index in [4.69, 9.17) is 4.74 Å². The van der Waals surface area contributed by atoms with Crippen molar-refractivity contribution >= 4 is 0 Å². The van der Waals surface area contributed by atoms with E-state index in [1.807, 2.05) is 18.2 Å². The lowest BCUT2D eigenvalue weighted by Gasteiger charge is -2.33. The van der Waals surface area contributed by atoms with Crippen LogP contribution in [0.15, 0.2) is 18.2 Å². The summed E-state index contributed by atoms with van der Waals surface area (Å²) in [5.74, 6) is 0.693. The van der Waals surface area contributed by atoms with Crippen LogP contribution >= 0.6 is 0 Å². The Balaban J connectivity index is 1.80. The van der Waals surface area contributed by atoms with Gasteiger partial charge < -0.3 is 10.1 Å². The Morgan fingerprint density at radius 1 is 1.28 bits per heavy atom. The highest BCUT2D eigenvalue weighted by Gasteiger charge is 2.25. The number of hydrogen-bond donors (Lipinski definition) is 1. The highest BCUT2D eigenvalue weighted by Crippen LogP contribution is 2.34. The lowest BCUT2D eigenvalue weighted by Crippen LogP contribution is -2.33. The van der Waals surface area contributed by atoms with Gasteiger partial charge in [0.05, 0.1) is 12.8 Å². The molecule has 0 radical (unpaired) electrons. The Morgan fingerprint density at radius 2 is 2.06 bits per heavy atom. The lowest BCUT2D eigenvalue weighted by molar-refractivity contribution is 0.207. The summed E-state index contributed by atoms with van der Waals surface area (Å²) in [4.78, 5) is 4.41. The van der Waals surface area contributed by atoms with E-state index in [1.165, 1.54) is 32.1 Å². The summed E-state index contributed by atoms with van der Waals surface area (Å²) in [6, 6.07) is 5.91. The highest BCUT2D eigenvalue weighted by molar-refractivity contribution is 5.15. The van der Waals surface area contributed by atoms with E-state index < -0.39 is 0 Å². The molecule has 100 valence electrons. The molecule has 2 rings (SSSR count). The average molecular weight is 248 g/mol. The van der Waals surface area contributed by atoms with Crippen LogP contribution in [0.1, 0.15) is 44.7 Å². The standard InChI is InChI=1S/C15H24N2O/c1-15(9-4-3-5-10-15)12-16-11-13-7-6-8-14(17-13)18-2/h6-8,16H,3-5,9-12H2,1-2H3. The van der Waals surface area contributed by atoms with Crippen molar-refractivity contribution in [2.24, 2.45) is 5.41 Å². The van der Waals surface area contributed by atoms with Crippen LogP contribution in [0, 0.1) is 5.41 Å². The van der Waals surface area contributed by atoms with E-state index in [9.17, 15) is 0 Å². The number of methoxy groups -OCH3 is 1. The summed E-state index contributed by atoms with van der Waals surface area (Å²) < 4.78 is 5.13. The molecular weight excluding hydrogens is 224 g/mol. The fraction of sp³-hybridized carbons (Fsp3) is 0.667. The van der Waals surface area contributed by atoms with Gasteiger partial charge in [0.15, 0.2) is 0 Å². The fourth-order valence-corrected chi connectivity index (χ4v) is 2.74. The monoisotopic (exact) mass is 248 g/mol. The zero-order valence-electron chi connectivity index (χ0n) is 11.5. The molecule has 1 N–H and O–H groups in total. The zero-order chi connectivity index (χ0) is 12.8. The molecule has 0 saturated heterocycles. The third-order valence-corrected chi connectivity index (χ3v) is 3.91. The van der Waals surface area contributed by atoms with Crippen molar-refractivity contribution < 1.29 is 4.74 Å². The maximum Gasteiger partial charge on any atom is 0.213 e. The van der Waals surface area contributed by atoms with Gasteiger partial charge in [-0.15, -0.1) is 0 Å². The third kappa shape index (κ3) is 3.70. The number of pyridine rings is 1. The minimum atomic E-state index is 0.483. The third-order valence-electron chi connectivity index (χ3n) is 3.91. The first-order chi connectivity index (χ1) is 8.72. The van der Waals surface area contributed by atoms with Gasteiger partial charge in [0, 0.05) is 19.2 Å². The molecule has 0 bridgehead atoms. The number of aromatic nitrogens is 1. The quantitative estimate of drug-likeness (QED) is 0.869. The molecule has 0 spiro atoms. The van der Waals surface area contributed by atoms with Crippen LogP contribution in [0.5, 0.6) is 5.88 Å². The number of ether oxygens (including phenoxy) is 1. The predicted octanol–water partition coefficient (Wildman–Crippen LogP) is 3.15. The Morgan fingerprint density at radius 3 is 2.78 bits per heavy atom. The summed E-state index contributed by atoms with van der Waals surface area (Å²) in [6.45, 7) is 4.32. The van der Waals surface area contributed by atoms with Crippen molar-refractivity contribution in [3.05, 3.63) is 23.9 Å². The van der Waals surface area contributed by atoms with E-state index in [2.05, 4.69) is 17.2 Å². The SMILES string of the molecule is COc1cccc(CNCC2(C)CCCCC2)n1. The molecule has 1 heterocycles. The predicted molar refractivity (Wildman–Crippen MR) is 73.7 cm³/mol. The average Bonchev–Trinajstić information content (AvgIpc) is 2.40. The van der Waals surface area contributed by atoms with Crippen molar-refractivity contribution in [1.29, 1.82) is 0 Å². The molecule has 0 amide bonds. The topological polar surface area (TPSA) is 34.1 Å². The van der Waals surface area contributed by atoms with Gasteiger partial charge in [0.2, 0.25) is 5.88 Å². The summed E-state index contributed by atoms with van der Waals surface area (Å²) >= 11 is 0. The second-order valence-electron chi connectivity index (χ2n) is 5.65.